The summed E-state index contributed by atoms with van der Waals surface area (Å²) in [5.41, 5.74) is -1.63. The van der Waals surface area contributed by atoms with Gasteiger partial charge in [0.15, 0.2) is 5.78 Å². The van der Waals surface area contributed by atoms with E-state index in [1.165, 1.54) is 0 Å². The summed E-state index contributed by atoms with van der Waals surface area (Å²) in [6, 6.07) is 1.43. The monoisotopic (exact) mass is 318 g/mol. The van der Waals surface area contributed by atoms with E-state index in [4.69, 9.17) is 11.6 Å². The first-order valence-corrected chi connectivity index (χ1v) is 5.25. The molecule has 1 nitrogen and oxygen atoms in total. The molecule has 0 aliphatic heterocycles. The lowest BCUT2D eigenvalue weighted by Gasteiger charge is -2.11. The number of rotatable bonds is 2. The number of Topliss-reactive ketones (excluding diaryl/α,β-unsaturated/α-hetero) is 1. The highest BCUT2D eigenvalue weighted by molar-refractivity contribution is 9.10. The highest BCUT2D eigenvalue weighted by Gasteiger charge is 2.37. The van der Waals surface area contributed by atoms with Crippen molar-refractivity contribution in [3.8, 4) is 0 Å². The van der Waals surface area contributed by atoms with E-state index in [2.05, 4.69) is 15.9 Å². The van der Waals surface area contributed by atoms with Gasteiger partial charge in [0, 0.05) is 10.0 Å². The SMILES string of the molecule is O=C(CCl)c1cc(F)c(C(F)(F)F)c(Br)c1. The van der Waals surface area contributed by atoms with Crippen molar-refractivity contribution in [2.45, 2.75) is 6.18 Å². The Morgan fingerprint density at radius 1 is 1.38 bits per heavy atom. The molecular formula is C9H4BrClF4O. The van der Waals surface area contributed by atoms with Crippen LogP contribution in [0.2, 0.25) is 0 Å². The van der Waals surface area contributed by atoms with Gasteiger partial charge in [-0.1, -0.05) is 15.9 Å². The summed E-state index contributed by atoms with van der Waals surface area (Å²) in [7, 11) is 0. The Morgan fingerprint density at radius 2 is 1.94 bits per heavy atom. The number of halogens is 6. The van der Waals surface area contributed by atoms with Crippen LogP contribution >= 0.6 is 27.5 Å². The number of carbonyl (C=O) groups excluding carboxylic acids is 1. The van der Waals surface area contributed by atoms with Crippen molar-refractivity contribution in [1.29, 1.82) is 0 Å². The largest absolute Gasteiger partial charge is 0.420 e. The van der Waals surface area contributed by atoms with Crippen molar-refractivity contribution in [1.82, 2.24) is 0 Å². The summed E-state index contributed by atoms with van der Waals surface area (Å²) in [5, 5.41) is 0. The molecule has 0 radical (unpaired) electrons. The second kappa shape index (κ2) is 4.71. The molecule has 0 aliphatic carbocycles. The van der Waals surface area contributed by atoms with E-state index in [1.54, 1.807) is 0 Å². The Balaban J connectivity index is 3.34. The number of hydrogen-bond donors (Lipinski definition) is 0. The minimum Gasteiger partial charge on any atom is -0.293 e. The number of alkyl halides is 4. The number of ketones is 1. The molecule has 0 atom stereocenters. The summed E-state index contributed by atoms with van der Waals surface area (Å²) in [5.74, 6) is -2.57. The minimum atomic E-state index is -4.81. The molecule has 0 aromatic heterocycles. The van der Waals surface area contributed by atoms with Gasteiger partial charge in [-0.05, 0) is 12.1 Å². The van der Waals surface area contributed by atoms with E-state index in [1.807, 2.05) is 0 Å². The topological polar surface area (TPSA) is 17.1 Å². The van der Waals surface area contributed by atoms with Gasteiger partial charge in [-0.15, -0.1) is 11.6 Å². The average molecular weight is 319 g/mol. The Labute approximate surface area is 102 Å². The van der Waals surface area contributed by atoms with E-state index in [0.29, 0.717) is 6.07 Å². The summed E-state index contributed by atoms with van der Waals surface area (Å²) < 4.78 is 49.7. The first-order chi connectivity index (χ1) is 7.27. The molecule has 0 fully saturated rings. The van der Waals surface area contributed by atoms with Crippen molar-refractivity contribution in [3.05, 3.63) is 33.5 Å². The van der Waals surface area contributed by atoms with Crippen LogP contribution < -0.4 is 0 Å². The average Bonchev–Trinajstić information content (AvgIpc) is 2.13. The quantitative estimate of drug-likeness (QED) is 0.457. The van der Waals surface area contributed by atoms with Gasteiger partial charge in [0.25, 0.3) is 0 Å². The second-order valence-corrected chi connectivity index (χ2v) is 3.99. The molecule has 1 aromatic carbocycles. The van der Waals surface area contributed by atoms with Crippen LogP contribution in [0.5, 0.6) is 0 Å². The summed E-state index contributed by atoms with van der Waals surface area (Å²) >= 11 is 7.79. The van der Waals surface area contributed by atoms with Crippen LogP contribution in [0.15, 0.2) is 16.6 Å². The fourth-order valence-electron chi connectivity index (χ4n) is 1.08. The maximum Gasteiger partial charge on any atom is 0.420 e. The van der Waals surface area contributed by atoms with Gasteiger partial charge in [0.2, 0.25) is 0 Å². The molecule has 0 bridgehead atoms. The van der Waals surface area contributed by atoms with Crippen LogP contribution in [0, 0.1) is 5.82 Å². The van der Waals surface area contributed by atoms with Gasteiger partial charge in [0.1, 0.15) is 11.4 Å². The highest BCUT2D eigenvalue weighted by Crippen LogP contribution is 2.37. The van der Waals surface area contributed by atoms with E-state index >= 15 is 0 Å². The van der Waals surface area contributed by atoms with Crippen LogP contribution in [-0.2, 0) is 6.18 Å². The van der Waals surface area contributed by atoms with Crippen molar-refractivity contribution in [3.63, 3.8) is 0 Å². The molecule has 0 saturated carbocycles. The lowest BCUT2D eigenvalue weighted by Crippen LogP contribution is -2.11. The van der Waals surface area contributed by atoms with Crippen LogP contribution in [-0.4, -0.2) is 11.7 Å². The third-order valence-electron chi connectivity index (χ3n) is 1.77. The van der Waals surface area contributed by atoms with Gasteiger partial charge < -0.3 is 0 Å². The van der Waals surface area contributed by atoms with E-state index in [0.717, 1.165) is 6.07 Å². The van der Waals surface area contributed by atoms with E-state index in [-0.39, 0.29) is 5.56 Å². The van der Waals surface area contributed by atoms with E-state index in [9.17, 15) is 22.4 Å². The predicted molar refractivity (Wildman–Crippen MR) is 54.2 cm³/mol. The second-order valence-electron chi connectivity index (χ2n) is 2.87. The summed E-state index contributed by atoms with van der Waals surface area (Å²) in [6.45, 7) is 0. The standard InChI is InChI=1S/C9H4BrClF4O/c10-5-1-4(7(16)3-11)2-6(12)8(5)9(13,14)15/h1-2H,3H2. The highest BCUT2D eigenvalue weighted by atomic mass is 79.9. The molecule has 0 heterocycles. The third-order valence-corrected chi connectivity index (χ3v) is 2.64. The first-order valence-electron chi connectivity index (χ1n) is 3.92. The molecular weight excluding hydrogens is 315 g/mol. The molecule has 0 amide bonds. The zero-order valence-electron chi connectivity index (χ0n) is 7.54. The van der Waals surface area contributed by atoms with Crippen molar-refractivity contribution >= 4 is 33.3 Å². The fraction of sp³-hybridized carbons (Fsp3) is 0.222. The maximum atomic E-state index is 13.2. The minimum absolute atomic E-state index is 0.202. The predicted octanol–water partition coefficient (Wildman–Crippen LogP) is 4.03. The van der Waals surface area contributed by atoms with Crippen LogP contribution in [0.25, 0.3) is 0 Å². The molecule has 0 saturated heterocycles. The number of carbonyl (C=O) groups is 1. The van der Waals surface area contributed by atoms with Gasteiger partial charge in [-0.3, -0.25) is 4.79 Å². The number of hydrogen-bond acceptors (Lipinski definition) is 1. The van der Waals surface area contributed by atoms with Crippen molar-refractivity contribution in [2.75, 3.05) is 5.88 Å². The molecule has 0 aliphatic rings. The molecule has 0 N–H and O–H groups in total. The molecule has 16 heavy (non-hydrogen) atoms. The third kappa shape index (κ3) is 2.74. The molecule has 1 rings (SSSR count). The number of benzene rings is 1. The van der Waals surface area contributed by atoms with E-state index < -0.39 is 33.7 Å². The fourth-order valence-corrected chi connectivity index (χ4v) is 1.90. The van der Waals surface area contributed by atoms with Gasteiger partial charge >= 0.3 is 6.18 Å². The maximum absolute atomic E-state index is 13.2. The summed E-state index contributed by atoms with van der Waals surface area (Å²) in [4.78, 5) is 11.1. The zero-order valence-corrected chi connectivity index (χ0v) is 9.88. The van der Waals surface area contributed by atoms with Crippen LogP contribution in [0.4, 0.5) is 17.6 Å². The Bertz CT molecular complexity index is 407. The molecule has 0 unspecified atom stereocenters. The van der Waals surface area contributed by atoms with Gasteiger partial charge in [-0.25, -0.2) is 4.39 Å². The molecule has 7 heteroatoms. The normalized spacial score (nSPS) is 11.6. The van der Waals surface area contributed by atoms with Crippen molar-refractivity contribution in [2.24, 2.45) is 0 Å². The van der Waals surface area contributed by atoms with Gasteiger partial charge in [-0.2, -0.15) is 13.2 Å². The lowest BCUT2D eigenvalue weighted by molar-refractivity contribution is -0.140. The smallest absolute Gasteiger partial charge is 0.293 e. The Hall–Kier alpha value is -0.620. The lowest BCUT2D eigenvalue weighted by atomic mass is 10.1. The van der Waals surface area contributed by atoms with Crippen molar-refractivity contribution < 1.29 is 22.4 Å². The molecule has 0 spiro atoms. The van der Waals surface area contributed by atoms with Gasteiger partial charge in [0.05, 0.1) is 5.88 Å². The summed E-state index contributed by atoms with van der Waals surface area (Å²) in [6.07, 6.45) is -4.81. The van der Waals surface area contributed by atoms with Crippen LogP contribution in [0.1, 0.15) is 15.9 Å². The first kappa shape index (κ1) is 13.4. The Morgan fingerprint density at radius 3 is 2.31 bits per heavy atom. The molecule has 1 aromatic rings. The zero-order chi connectivity index (χ0) is 12.5. The Kier molecular flexibility index (Phi) is 3.96. The van der Waals surface area contributed by atoms with Crippen LogP contribution in [0.3, 0.4) is 0 Å². The molecule has 88 valence electrons.